The number of carbonyl (C=O) groups is 1. The van der Waals surface area contributed by atoms with E-state index in [0.29, 0.717) is 6.61 Å². The average Bonchev–Trinajstić information content (AvgIpc) is 2.30. The predicted molar refractivity (Wildman–Crippen MR) is 65.6 cm³/mol. The fraction of sp³-hybridized carbons (Fsp3) is 0.923. The van der Waals surface area contributed by atoms with Crippen LogP contribution in [0.25, 0.3) is 0 Å². The number of unbranched alkanes of at least 4 members (excludes halogenated alkanes) is 4. The highest BCUT2D eigenvalue weighted by atomic mass is 16.7. The van der Waals surface area contributed by atoms with Gasteiger partial charge in [-0.2, -0.15) is 0 Å². The molecule has 0 aliphatic carbocycles. The lowest BCUT2D eigenvalue weighted by Crippen LogP contribution is -2.17. The topological polar surface area (TPSA) is 35.5 Å². The highest BCUT2D eigenvalue weighted by Gasteiger charge is 2.10. The molecule has 0 atom stereocenters. The molecule has 0 aromatic rings. The van der Waals surface area contributed by atoms with Crippen molar-refractivity contribution in [3.8, 4) is 0 Å². The standard InChI is InChI=1S/C13H26O3/c1-4-7-8-9-10-11-15-13(14)16-12(5-2)6-3/h12H,4-11H2,1-3H3. The lowest BCUT2D eigenvalue weighted by atomic mass is 10.2. The number of carbonyl (C=O) groups excluding carboxylic acids is 1. The van der Waals surface area contributed by atoms with Gasteiger partial charge < -0.3 is 9.47 Å². The maximum absolute atomic E-state index is 11.2. The van der Waals surface area contributed by atoms with Gasteiger partial charge in [-0.15, -0.1) is 0 Å². The van der Waals surface area contributed by atoms with Crippen LogP contribution in [0, 0.1) is 0 Å². The Hall–Kier alpha value is -0.730. The van der Waals surface area contributed by atoms with Gasteiger partial charge in [-0.05, 0) is 19.3 Å². The number of rotatable bonds is 9. The fourth-order valence-corrected chi connectivity index (χ4v) is 1.49. The third-order valence-corrected chi connectivity index (χ3v) is 2.64. The van der Waals surface area contributed by atoms with Gasteiger partial charge in [0.1, 0.15) is 6.10 Å². The molecule has 0 saturated heterocycles. The van der Waals surface area contributed by atoms with Crippen molar-refractivity contribution >= 4 is 6.16 Å². The highest BCUT2D eigenvalue weighted by Crippen LogP contribution is 2.06. The predicted octanol–water partition coefficient (Wildman–Crippen LogP) is 4.30. The molecule has 0 aromatic carbocycles. The molecule has 0 spiro atoms. The van der Waals surface area contributed by atoms with Gasteiger partial charge in [0, 0.05) is 0 Å². The molecule has 3 heteroatoms. The monoisotopic (exact) mass is 230 g/mol. The largest absolute Gasteiger partial charge is 0.508 e. The number of hydrogen-bond acceptors (Lipinski definition) is 3. The first-order chi connectivity index (χ1) is 7.74. The Bertz CT molecular complexity index is 165. The van der Waals surface area contributed by atoms with Crippen molar-refractivity contribution in [2.24, 2.45) is 0 Å². The molecule has 0 aliphatic heterocycles. The van der Waals surface area contributed by atoms with Crippen molar-refractivity contribution in [3.05, 3.63) is 0 Å². The van der Waals surface area contributed by atoms with Crippen LogP contribution in [-0.4, -0.2) is 18.9 Å². The minimum absolute atomic E-state index is 0.00703. The maximum Gasteiger partial charge on any atom is 0.508 e. The summed E-state index contributed by atoms with van der Waals surface area (Å²) < 4.78 is 10.1. The highest BCUT2D eigenvalue weighted by molar-refractivity contribution is 5.60. The summed E-state index contributed by atoms with van der Waals surface area (Å²) in [6.45, 7) is 6.69. The molecule has 0 rings (SSSR count). The molecule has 0 fully saturated rings. The molecule has 0 heterocycles. The van der Waals surface area contributed by atoms with Gasteiger partial charge in [-0.1, -0.05) is 46.5 Å². The van der Waals surface area contributed by atoms with Gasteiger partial charge in [-0.3, -0.25) is 0 Å². The van der Waals surface area contributed by atoms with E-state index in [-0.39, 0.29) is 6.10 Å². The lowest BCUT2D eigenvalue weighted by molar-refractivity contribution is 0.0202. The molecule has 0 amide bonds. The Labute approximate surface area is 99.5 Å². The van der Waals surface area contributed by atoms with Gasteiger partial charge >= 0.3 is 6.16 Å². The Balaban J connectivity index is 3.36. The van der Waals surface area contributed by atoms with Crippen molar-refractivity contribution < 1.29 is 14.3 Å². The first-order valence-corrected chi connectivity index (χ1v) is 6.57. The molecule has 0 saturated carbocycles. The van der Waals surface area contributed by atoms with Gasteiger partial charge in [0.25, 0.3) is 0 Å². The molecule has 0 aliphatic rings. The molecular formula is C13H26O3. The summed E-state index contributed by atoms with van der Waals surface area (Å²) in [7, 11) is 0. The zero-order valence-electron chi connectivity index (χ0n) is 11.0. The van der Waals surface area contributed by atoms with Crippen LogP contribution < -0.4 is 0 Å². The summed E-state index contributed by atoms with van der Waals surface area (Å²) in [4.78, 5) is 11.2. The van der Waals surface area contributed by atoms with E-state index >= 15 is 0 Å². The fourth-order valence-electron chi connectivity index (χ4n) is 1.49. The van der Waals surface area contributed by atoms with Crippen LogP contribution in [0.3, 0.4) is 0 Å². The Morgan fingerprint density at radius 2 is 1.62 bits per heavy atom. The molecule has 96 valence electrons. The van der Waals surface area contributed by atoms with Crippen LogP contribution >= 0.6 is 0 Å². The average molecular weight is 230 g/mol. The van der Waals surface area contributed by atoms with Crippen LogP contribution in [0.2, 0.25) is 0 Å². The summed E-state index contributed by atoms with van der Waals surface area (Å²) in [6.07, 6.45) is 6.99. The minimum Gasteiger partial charge on any atom is -0.434 e. The molecule has 16 heavy (non-hydrogen) atoms. The second-order valence-electron chi connectivity index (χ2n) is 4.07. The summed E-state index contributed by atoms with van der Waals surface area (Å²) in [5.74, 6) is 0. The van der Waals surface area contributed by atoms with Crippen molar-refractivity contribution in [3.63, 3.8) is 0 Å². The maximum atomic E-state index is 11.2. The lowest BCUT2D eigenvalue weighted by Gasteiger charge is -2.13. The van der Waals surface area contributed by atoms with E-state index in [1.807, 2.05) is 13.8 Å². The van der Waals surface area contributed by atoms with Gasteiger partial charge in [-0.25, -0.2) is 4.79 Å². The van der Waals surface area contributed by atoms with Crippen LogP contribution in [-0.2, 0) is 9.47 Å². The molecule has 3 nitrogen and oxygen atoms in total. The number of hydrogen-bond donors (Lipinski definition) is 0. The van der Waals surface area contributed by atoms with Crippen LogP contribution in [0.5, 0.6) is 0 Å². The van der Waals surface area contributed by atoms with Gasteiger partial charge in [0.15, 0.2) is 0 Å². The van der Waals surface area contributed by atoms with E-state index in [2.05, 4.69) is 6.92 Å². The summed E-state index contributed by atoms with van der Waals surface area (Å²) in [5, 5.41) is 0. The van der Waals surface area contributed by atoms with E-state index in [0.717, 1.165) is 25.7 Å². The molecule has 0 unspecified atom stereocenters. The van der Waals surface area contributed by atoms with E-state index in [1.165, 1.54) is 19.3 Å². The molecule has 0 bridgehead atoms. The first-order valence-electron chi connectivity index (χ1n) is 6.57. The zero-order valence-corrected chi connectivity index (χ0v) is 11.0. The molecular weight excluding hydrogens is 204 g/mol. The Morgan fingerprint density at radius 1 is 1.00 bits per heavy atom. The van der Waals surface area contributed by atoms with E-state index in [4.69, 9.17) is 9.47 Å². The summed E-state index contributed by atoms with van der Waals surface area (Å²) in [6, 6.07) is 0. The van der Waals surface area contributed by atoms with Crippen molar-refractivity contribution in [2.45, 2.75) is 71.8 Å². The van der Waals surface area contributed by atoms with E-state index in [9.17, 15) is 4.79 Å². The normalized spacial score (nSPS) is 10.5. The molecule has 0 aromatic heterocycles. The third-order valence-electron chi connectivity index (χ3n) is 2.64. The SMILES string of the molecule is CCCCCCCOC(=O)OC(CC)CC. The van der Waals surface area contributed by atoms with Gasteiger partial charge in [0.2, 0.25) is 0 Å². The Kier molecular flexibility index (Phi) is 10.3. The van der Waals surface area contributed by atoms with Crippen molar-refractivity contribution in [1.82, 2.24) is 0 Å². The smallest absolute Gasteiger partial charge is 0.434 e. The number of ether oxygens (including phenoxy) is 2. The van der Waals surface area contributed by atoms with Crippen molar-refractivity contribution in [1.29, 1.82) is 0 Å². The zero-order chi connectivity index (χ0) is 12.2. The van der Waals surface area contributed by atoms with Crippen LogP contribution in [0.4, 0.5) is 4.79 Å². The summed E-state index contributed by atoms with van der Waals surface area (Å²) >= 11 is 0. The van der Waals surface area contributed by atoms with Crippen LogP contribution in [0.1, 0.15) is 65.7 Å². The second kappa shape index (κ2) is 10.8. The molecule has 0 radical (unpaired) electrons. The first kappa shape index (κ1) is 15.3. The van der Waals surface area contributed by atoms with Gasteiger partial charge in [0.05, 0.1) is 6.61 Å². The second-order valence-corrected chi connectivity index (χ2v) is 4.07. The minimum atomic E-state index is -0.510. The molecule has 0 N–H and O–H groups in total. The van der Waals surface area contributed by atoms with E-state index in [1.54, 1.807) is 0 Å². The Morgan fingerprint density at radius 3 is 2.19 bits per heavy atom. The van der Waals surface area contributed by atoms with Crippen molar-refractivity contribution in [2.75, 3.05) is 6.61 Å². The third kappa shape index (κ3) is 8.57. The quantitative estimate of drug-likeness (QED) is 0.437. The van der Waals surface area contributed by atoms with Crippen LogP contribution in [0.15, 0.2) is 0 Å². The van der Waals surface area contributed by atoms with E-state index < -0.39 is 6.16 Å². The summed E-state index contributed by atoms with van der Waals surface area (Å²) in [5.41, 5.74) is 0.